The van der Waals surface area contributed by atoms with Crippen molar-refractivity contribution in [1.29, 1.82) is 0 Å². The van der Waals surface area contributed by atoms with E-state index in [1.807, 2.05) is 51.1 Å². The van der Waals surface area contributed by atoms with Crippen LogP contribution in [0.2, 0.25) is 0 Å². The van der Waals surface area contributed by atoms with Gasteiger partial charge >= 0.3 is 6.03 Å². The molecular formula is C16H26N2O3. The molecule has 0 aliphatic carbocycles. The van der Waals surface area contributed by atoms with Crippen molar-refractivity contribution in [3.8, 4) is 5.75 Å². The van der Waals surface area contributed by atoms with Crippen molar-refractivity contribution in [2.75, 3.05) is 13.1 Å². The Hall–Kier alpha value is -1.75. The molecule has 118 valence electrons. The predicted octanol–water partition coefficient (Wildman–Crippen LogP) is 2.16. The molecular weight excluding hydrogens is 268 g/mol. The Morgan fingerprint density at radius 2 is 1.86 bits per heavy atom. The summed E-state index contributed by atoms with van der Waals surface area (Å²) in [5, 5.41) is 15.1. The fourth-order valence-electron chi connectivity index (χ4n) is 1.74. The Labute approximate surface area is 126 Å². The van der Waals surface area contributed by atoms with Crippen LogP contribution in [-0.2, 0) is 0 Å². The standard InChI is InChI=1S/C16H26N2O3/c1-12(2)15(19)9-10-17-16(20)18-11-13(3)21-14-7-5-4-6-8-14/h4-8,12-13,15,19H,9-11H2,1-3H3,(H2,17,18,20). The van der Waals surface area contributed by atoms with Gasteiger partial charge in [0.15, 0.2) is 0 Å². The molecule has 0 saturated carbocycles. The molecule has 2 amide bonds. The van der Waals surface area contributed by atoms with E-state index in [4.69, 9.17) is 4.74 Å². The van der Waals surface area contributed by atoms with Crippen molar-refractivity contribution < 1.29 is 14.6 Å². The average Bonchev–Trinajstić information content (AvgIpc) is 2.46. The number of benzene rings is 1. The molecule has 0 fully saturated rings. The molecule has 2 unspecified atom stereocenters. The monoisotopic (exact) mass is 294 g/mol. The zero-order chi connectivity index (χ0) is 15.7. The van der Waals surface area contributed by atoms with E-state index in [0.717, 1.165) is 5.75 Å². The van der Waals surface area contributed by atoms with Gasteiger partial charge < -0.3 is 20.5 Å². The number of aliphatic hydroxyl groups excluding tert-OH is 1. The Balaban J connectivity index is 2.15. The van der Waals surface area contributed by atoms with Gasteiger partial charge in [-0.1, -0.05) is 32.0 Å². The minimum absolute atomic E-state index is 0.112. The van der Waals surface area contributed by atoms with Crippen molar-refractivity contribution in [2.24, 2.45) is 5.92 Å². The van der Waals surface area contributed by atoms with E-state index in [0.29, 0.717) is 19.5 Å². The first-order valence-corrected chi connectivity index (χ1v) is 7.40. The van der Waals surface area contributed by atoms with Crippen LogP contribution in [0.1, 0.15) is 27.2 Å². The first-order chi connectivity index (χ1) is 9.99. The molecule has 0 aliphatic heterocycles. The first kappa shape index (κ1) is 17.3. The SMILES string of the molecule is CC(CNC(=O)NCCC(O)C(C)C)Oc1ccccc1. The van der Waals surface area contributed by atoms with Crippen LogP contribution < -0.4 is 15.4 Å². The first-order valence-electron chi connectivity index (χ1n) is 7.40. The van der Waals surface area contributed by atoms with E-state index < -0.39 is 0 Å². The molecule has 0 radical (unpaired) electrons. The summed E-state index contributed by atoms with van der Waals surface area (Å²) in [5.41, 5.74) is 0. The summed E-state index contributed by atoms with van der Waals surface area (Å²) < 4.78 is 5.66. The molecule has 3 N–H and O–H groups in total. The van der Waals surface area contributed by atoms with Crippen LogP contribution in [0.5, 0.6) is 5.75 Å². The van der Waals surface area contributed by atoms with Crippen LogP contribution in [0.4, 0.5) is 4.79 Å². The highest BCUT2D eigenvalue weighted by Gasteiger charge is 2.10. The molecule has 0 aromatic heterocycles. The van der Waals surface area contributed by atoms with E-state index >= 15 is 0 Å². The quantitative estimate of drug-likeness (QED) is 0.688. The number of amides is 2. The third-order valence-corrected chi connectivity index (χ3v) is 3.13. The van der Waals surface area contributed by atoms with Gasteiger partial charge in [0.2, 0.25) is 0 Å². The maximum atomic E-state index is 11.6. The summed E-state index contributed by atoms with van der Waals surface area (Å²) in [6.45, 7) is 6.68. The maximum absolute atomic E-state index is 11.6. The lowest BCUT2D eigenvalue weighted by atomic mass is 10.0. The topological polar surface area (TPSA) is 70.6 Å². The Bertz CT molecular complexity index is 409. The number of ether oxygens (including phenoxy) is 1. The van der Waals surface area contributed by atoms with Crippen LogP contribution in [0, 0.1) is 5.92 Å². The minimum atomic E-state index is -0.384. The summed E-state index contributed by atoms with van der Waals surface area (Å²) in [4.78, 5) is 11.6. The Kier molecular flexibility index (Phi) is 7.61. The predicted molar refractivity (Wildman–Crippen MR) is 83.4 cm³/mol. The fraction of sp³-hybridized carbons (Fsp3) is 0.562. The molecule has 0 bridgehead atoms. The summed E-state index contributed by atoms with van der Waals surface area (Å²) in [5.74, 6) is 0.987. The van der Waals surface area contributed by atoms with Crippen molar-refractivity contribution >= 4 is 6.03 Å². The van der Waals surface area contributed by atoms with Gasteiger partial charge in [-0.2, -0.15) is 0 Å². The number of nitrogens with one attached hydrogen (secondary N) is 2. The summed E-state index contributed by atoms with van der Waals surface area (Å²) >= 11 is 0. The Morgan fingerprint density at radius 1 is 1.19 bits per heavy atom. The molecule has 5 heteroatoms. The molecule has 1 aromatic rings. The zero-order valence-corrected chi connectivity index (χ0v) is 13.0. The molecule has 0 heterocycles. The third kappa shape index (κ3) is 7.56. The number of aliphatic hydroxyl groups is 1. The van der Waals surface area contributed by atoms with Gasteiger partial charge in [0.1, 0.15) is 11.9 Å². The van der Waals surface area contributed by atoms with Crippen LogP contribution in [0.25, 0.3) is 0 Å². The van der Waals surface area contributed by atoms with Crippen molar-refractivity contribution in [2.45, 2.75) is 39.4 Å². The van der Waals surface area contributed by atoms with Gasteiger partial charge in [0.05, 0.1) is 12.6 Å². The van der Waals surface area contributed by atoms with Crippen LogP contribution in [0.3, 0.4) is 0 Å². The van der Waals surface area contributed by atoms with E-state index in [-0.39, 0.29) is 24.2 Å². The van der Waals surface area contributed by atoms with Crippen molar-refractivity contribution in [1.82, 2.24) is 10.6 Å². The lowest BCUT2D eigenvalue weighted by Crippen LogP contribution is -2.41. The van der Waals surface area contributed by atoms with Crippen molar-refractivity contribution in [3.05, 3.63) is 30.3 Å². The zero-order valence-electron chi connectivity index (χ0n) is 13.0. The lowest BCUT2D eigenvalue weighted by molar-refractivity contribution is 0.116. The number of carbonyl (C=O) groups is 1. The second-order valence-corrected chi connectivity index (χ2v) is 5.48. The molecule has 5 nitrogen and oxygen atoms in total. The van der Waals surface area contributed by atoms with E-state index in [1.165, 1.54) is 0 Å². The number of urea groups is 1. The minimum Gasteiger partial charge on any atom is -0.489 e. The smallest absolute Gasteiger partial charge is 0.314 e. The average molecular weight is 294 g/mol. The van der Waals surface area contributed by atoms with Gasteiger partial charge in [0.25, 0.3) is 0 Å². The number of rotatable bonds is 8. The number of hydrogen-bond donors (Lipinski definition) is 3. The highest BCUT2D eigenvalue weighted by atomic mass is 16.5. The molecule has 21 heavy (non-hydrogen) atoms. The number of hydrogen-bond acceptors (Lipinski definition) is 3. The van der Waals surface area contributed by atoms with Gasteiger partial charge in [0, 0.05) is 6.54 Å². The number of carbonyl (C=O) groups excluding carboxylic acids is 1. The van der Waals surface area contributed by atoms with Crippen LogP contribution in [0.15, 0.2) is 30.3 Å². The maximum Gasteiger partial charge on any atom is 0.314 e. The molecule has 2 atom stereocenters. The largest absolute Gasteiger partial charge is 0.489 e. The molecule has 0 aliphatic rings. The van der Waals surface area contributed by atoms with Crippen LogP contribution >= 0.6 is 0 Å². The third-order valence-electron chi connectivity index (χ3n) is 3.13. The van der Waals surface area contributed by atoms with Gasteiger partial charge in [-0.05, 0) is 31.4 Å². The van der Waals surface area contributed by atoms with Gasteiger partial charge in [-0.15, -0.1) is 0 Å². The second kappa shape index (κ2) is 9.23. The van der Waals surface area contributed by atoms with Crippen molar-refractivity contribution in [3.63, 3.8) is 0 Å². The molecule has 0 spiro atoms. The van der Waals surface area contributed by atoms with Gasteiger partial charge in [-0.25, -0.2) is 4.79 Å². The number of para-hydroxylation sites is 1. The molecule has 1 rings (SSSR count). The van der Waals surface area contributed by atoms with E-state index in [9.17, 15) is 9.90 Å². The second-order valence-electron chi connectivity index (χ2n) is 5.48. The Morgan fingerprint density at radius 3 is 2.48 bits per heavy atom. The summed E-state index contributed by atoms with van der Waals surface area (Å²) in [6, 6.07) is 9.25. The van der Waals surface area contributed by atoms with E-state index in [2.05, 4.69) is 10.6 Å². The normalized spacial score (nSPS) is 13.6. The van der Waals surface area contributed by atoms with Crippen LogP contribution in [-0.4, -0.2) is 36.4 Å². The molecule has 1 aromatic carbocycles. The summed E-state index contributed by atoms with van der Waals surface area (Å²) in [7, 11) is 0. The molecule has 0 saturated heterocycles. The lowest BCUT2D eigenvalue weighted by Gasteiger charge is -2.17. The summed E-state index contributed by atoms with van der Waals surface area (Å²) in [6.07, 6.45) is 0.0614. The fourth-order valence-corrected chi connectivity index (χ4v) is 1.74. The highest BCUT2D eigenvalue weighted by molar-refractivity contribution is 5.73. The van der Waals surface area contributed by atoms with E-state index in [1.54, 1.807) is 0 Å². The van der Waals surface area contributed by atoms with Gasteiger partial charge in [-0.3, -0.25) is 0 Å². The highest BCUT2D eigenvalue weighted by Crippen LogP contribution is 2.10.